The van der Waals surface area contributed by atoms with E-state index in [4.69, 9.17) is 16.1 Å². The first kappa shape index (κ1) is 12.0. The molecule has 0 spiro atoms. The van der Waals surface area contributed by atoms with Gasteiger partial charge in [0.05, 0.1) is 6.54 Å². The Balaban J connectivity index is 1.91. The van der Waals surface area contributed by atoms with Gasteiger partial charge < -0.3 is 9.84 Å². The number of halogens is 2. The van der Waals surface area contributed by atoms with E-state index >= 15 is 0 Å². The van der Waals surface area contributed by atoms with Crippen molar-refractivity contribution in [3.63, 3.8) is 0 Å². The summed E-state index contributed by atoms with van der Waals surface area (Å²) >= 11 is 5.93. The fraction of sp³-hybridized carbons (Fsp3) is 0.273. The van der Waals surface area contributed by atoms with Gasteiger partial charge in [0.1, 0.15) is 5.82 Å². The molecule has 0 saturated heterocycles. The Kier molecular flexibility index (Phi) is 3.71. The van der Waals surface area contributed by atoms with Gasteiger partial charge in [-0.05, 0) is 23.8 Å². The molecule has 1 N–H and O–H groups in total. The van der Waals surface area contributed by atoms with Crippen molar-refractivity contribution in [3.8, 4) is 0 Å². The van der Waals surface area contributed by atoms with Crippen molar-refractivity contribution in [2.75, 3.05) is 0 Å². The van der Waals surface area contributed by atoms with Gasteiger partial charge in [-0.15, -0.1) is 0 Å². The second kappa shape index (κ2) is 5.25. The predicted molar refractivity (Wildman–Crippen MR) is 61.0 cm³/mol. The number of hydrogen-bond donors (Lipinski definition) is 1. The fourth-order valence-electron chi connectivity index (χ4n) is 1.40. The summed E-state index contributed by atoms with van der Waals surface area (Å²) in [6.45, 7) is 2.62. The van der Waals surface area contributed by atoms with E-state index in [1.165, 1.54) is 18.2 Å². The SMILES string of the molecule is Cc1nc(CNCc2cc(F)ccc2Cl)no1. The van der Waals surface area contributed by atoms with Crippen LogP contribution in [0.3, 0.4) is 0 Å². The van der Waals surface area contributed by atoms with Crippen LogP contribution in [-0.2, 0) is 13.1 Å². The molecule has 1 aromatic carbocycles. The highest BCUT2D eigenvalue weighted by Gasteiger charge is 2.04. The van der Waals surface area contributed by atoms with Crippen LogP contribution in [0.25, 0.3) is 0 Å². The molecule has 0 atom stereocenters. The van der Waals surface area contributed by atoms with E-state index in [2.05, 4.69) is 15.5 Å². The quantitative estimate of drug-likeness (QED) is 0.912. The maximum absolute atomic E-state index is 13.0. The molecule has 4 nitrogen and oxygen atoms in total. The average molecular weight is 256 g/mol. The molecule has 6 heteroatoms. The minimum Gasteiger partial charge on any atom is -0.340 e. The molecule has 0 amide bonds. The molecule has 2 rings (SSSR count). The van der Waals surface area contributed by atoms with Gasteiger partial charge >= 0.3 is 0 Å². The highest BCUT2D eigenvalue weighted by molar-refractivity contribution is 6.31. The molecule has 0 bridgehead atoms. The van der Waals surface area contributed by atoms with E-state index in [9.17, 15) is 4.39 Å². The molecule has 17 heavy (non-hydrogen) atoms. The fourth-order valence-corrected chi connectivity index (χ4v) is 1.59. The second-order valence-electron chi connectivity index (χ2n) is 3.57. The van der Waals surface area contributed by atoms with Crippen LogP contribution in [0.4, 0.5) is 4.39 Å². The van der Waals surface area contributed by atoms with E-state index < -0.39 is 0 Å². The molecule has 0 aliphatic heterocycles. The van der Waals surface area contributed by atoms with Gasteiger partial charge in [0, 0.05) is 18.5 Å². The van der Waals surface area contributed by atoms with E-state index in [1.54, 1.807) is 6.92 Å². The molecule has 0 fully saturated rings. The number of rotatable bonds is 4. The van der Waals surface area contributed by atoms with Gasteiger partial charge in [0.2, 0.25) is 5.89 Å². The molecule has 0 radical (unpaired) electrons. The Morgan fingerprint density at radius 2 is 2.24 bits per heavy atom. The van der Waals surface area contributed by atoms with Crippen LogP contribution in [0, 0.1) is 12.7 Å². The van der Waals surface area contributed by atoms with Gasteiger partial charge in [-0.2, -0.15) is 4.98 Å². The van der Waals surface area contributed by atoms with Gasteiger partial charge in [-0.1, -0.05) is 16.8 Å². The van der Waals surface area contributed by atoms with E-state index in [1.807, 2.05) is 0 Å². The molecule has 0 aliphatic carbocycles. The number of hydrogen-bond acceptors (Lipinski definition) is 4. The summed E-state index contributed by atoms with van der Waals surface area (Å²) in [5, 5.41) is 7.33. The predicted octanol–water partition coefficient (Wildman–Crippen LogP) is 2.46. The lowest BCUT2D eigenvalue weighted by Crippen LogP contribution is -2.14. The van der Waals surface area contributed by atoms with Crippen LogP contribution in [0.1, 0.15) is 17.3 Å². The normalized spacial score (nSPS) is 10.8. The largest absolute Gasteiger partial charge is 0.340 e. The Morgan fingerprint density at radius 3 is 2.94 bits per heavy atom. The van der Waals surface area contributed by atoms with Crippen LogP contribution in [0.5, 0.6) is 0 Å². The van der Waals surface area contributed by atoms with Crippen molar-refractivity contribution in [1.29, 1.82) is 0 Å². The average Bonchev–Trinajstić information content (AvgIpc) is 2.69. The molecule has 90 valence electrons. The lowest BCUT2D eigenvalue weighted by Gasteiger charge is -2.04. The van der Waals surface area contributed by atoms with E-state index in [0.717, 1.165) is 0 Å². The molecule has 0 unspecified atom stereocenters. The highest BCUT2D eigenvalue weighted by Crippen LogP contribution is 2.16. The Morgan fingerprint density at radius 1 is 1.41 bits per heavy atom. The van der Waals surface area contributed by atoms with Crippen molar-refractivity contribution in [2.45, 2.75) is 20.0 Å². The summed E-state index contributed by atoms with van der Waals surface area (Å²) in [6, 6.07) is 4.26. The monoisotopic (exact) mass is 255 g/mol. The Bertz CT molecular complexity index is 515. The summed E-state index contributed by atoms with van der Waals surface area (Å²) in [6.07, 6.45) is 0. The van der Waals surface area contributed by atoms with Crippen molar-refractivity contribution in [2.24, 2.45) is 0 Å². The standard InChI is InChI=1S/C11H11ClFN3O/c1-7-15-11(16-17-7)6-14-5-8-4-9(13)2-3-10(8)12/h2-4,14H,5-6H2,1H3. The number of aromatic nitrogens is 2. The van der Waals surface area contributed by atoms with Crippen molar-refractivity contribution in [3.05, 3.63) is 46.3 Å². The third-order valence-corrected chi connectivity index (χ3v) is 2.54. The molecular weight excluding hydrogens is 245 g/mol. The van der Waals surface area contributed by atoms with Gasteiger partial charge in [0.15, 0.2) is 5.82 Å². The maximum atomic E-state index is 13.0. The number of nitrogens with one attached hydrogen (secondary N) is 1. The molecule has 1 aromatic heterocycles. The summed E-state index contributed by atoms with van der Waals surface area (Å²) in [5.74, 6) is 0.780. The summed E-state index contributed by atoms with van der Waals surface area (Å²) < 4.78 is 17.8. The first-order chi connectivity index (χ1) is 8.15. The van der Waals surface area contributed by atoms with Crippen molar-refractivity contribution in [1.82, 2.24) is 15.5 Å². The zero-order valence-corrected chi connectivity index (χ0v) is 9.96. The lowest BCUT2D eigenvalue weighted by molar-refractivity contribution is 0.385. The number of aryl methyl sites for hydroxylation is 1. The summed E-state index contributed by atoms with van der Waals surface area (Å²) in [5.41, 5.74) is 0.701. The molecule has 1 heterocycles. The first-order valence-corrected chi connectivity index (χ1v) is 5.47. The minimum atomic E-state index is -0.304. The lowest BCUT2D eigenvalue weighted by atomic mass is 10.2. The van der Waals surface area contributed by atoms with Crippen LogP contribution >= 0.6 is 11.6 Å². The van der Waals surface area contributed by atoms with Crippen LogP contribution in [0.2, 0.25) is 5.02 Å². The van der Waals surface area contributed by atoms with Crippen molar-refractivity contribution < 1.29 is 8.91 Å². The Labute approximate surface area is 103 Å². The minimum absolute atomic E-state index is 0.304. The van der Waals surface area contributed by atoms with Gasteiger partial charge in [-0.3, -0.25) is 0 Å². The Hall–Kier alpha value is -1.46. The molecule has 2 aromatic rings. The smallest absolute Gasteiger partial charge is 0.223 e. The van der Waals surface area contributed by atoms with Crippen LogP contribution in [-0.4, -0.2) is 10.1 Å². The third kappa shape index (κ3) is 3.25. The topological polar surface area (TPSA) is 51.0 Å². The van der Waals surface area contributed by atoms with Crippen LogP contribution < -0.4 is 5.32 Å². The number of nitrogens with zero attached hydrogens (tertiary/aromatic N) is 2. The third-order valence-electron chi connectivity index (χ3n) is 2.18. The highest BCUT2D eigenvalue weighted by atomic mass is 35.5. The van der Waals surface area contributed by atoms with E-state index in [-0.39, 0.29) is 5.82 Å². The van der Waals surface area contributed by atoms with E-state index in [0.29, 0.717) is 35.4 Å². The zero-order chi connectivity index (χ0) is 12.3. The molecule has 0 aliphatic rings. The van der Waals surface area contributed by atoms with Crippen LogP contribution in [0.15, 0.2) is 22.7 Å². The molecule has 0 saturated carbocycles. The maximum Gasteiger partial charge on any atom is 0.223 e. The zero-order valence-electron chi connectivity index (χ0n) is 9.20. The van der Waals surface area contributed by atoms with Gasteiger partial charge in [-0.25, -0.2) is 4.39 Å². The van der Waals surface area contributed by atoms with Gasteiger partial charge in [0.25, 0.3) is 0 Å². The summed E-state index contributed by atoms with van der Waals surface area (Å²) in [4.78, 5) is 4.03. The summed E-state index contributed by atoms with van der Waals surface area (Å²) in [7, 11) is 0. The number of benzene rings is 1. The first-order valence-electron chi connectivity index (χ1n) is 5.09. The van der Waals surface area contributed by atoms with Crippen molar-refractivity contribution >= 4 is 11.6 Å². The molecular formula is C11H11ClFN3O. The second-order valence-corrected chi connectivity index (χ2v) is 3.98.